The zero-order valence-electron chi connectivity index (χ0n) is 14.9. The van der Waals surface area contributed by atoms with E-state index in [1.807, 2.05) is 6.07 Å². The fourth-order valence-corrected chi connectivity index (χ4v) is 3.44. The van der Waals surface area contributed by atoms with Crippen LogP contribution in [0.25, 0.3) is 27.8 Å². The van der Waals surface area contributed by atoms with Crippen molar-refractivity contribution in [2.24, 2.45) is 0 Å². The lowest BCUT2D eigenvalue weighted by Gasteiger charge is -2.25. The number of aromatic nitrogens is 5. The van der Waals surface area contributed by atoms with Crippen LogP contribution in [0.5, 0.6) is 5.75 Å². The van der Waals surface area contributed by atoms with Crippen LogP contribution in [0.1, 0.15) is 11.6 Å². The summed E-state index contributed by atoms with van der Waals surface area (Å²) in [5, 5.41) is 15.8. The van der Waals surface area contributed by atoms with Crippen LogP contribution in [-0.2, 0) is 0 Å². The Hall–Kier alpha value is -3.40. The summed E-state index contributed by atoms with van der Waals surface area (Å²) in [4.78, 5) is 4.51. The predicted molar refractivity (Wildman–Crippen MR) is 98.7 cm³/mol. The van der Waals surface area contributed by atoms with Gasteiger partial charge in [0.2, 0.25) is 0 Å². The van der Waals surface area contributed by atoms with E-state index in [4.69, 9.17) is 5.10 Å². The van der Waals surface area contributed by atoms with Crippen LogP contribution in [0.4, 0.5) is 13.2 Å². The third-order valence-electron chi connectivity index (χ3n) is 4.89. The molecule has 1 fully saturated rings. The average molecular weight is 400 g/mol. The topological polar surface area (TPSA) is 80.6 Å². The summed E-state index contributed by atoms with van der Waals surface area (Å²) in [5.74, 6) is -0.0467. The van der Waals surface area contributed by atoms with Crippen LogP contribution in [0.3, 0.4) is 0 Å². The van der Waals surface area contributed by atoms with E-state index in [1.165, 1.54) is 24.3 Å². The van der Waals surface area contributed by atoms with Crippen molar-refractivity contribution < 1.29 is 17.9 Å². The number of hydrogen-bond donors (Lipinski definition) is 2. The molecule has 10 heteroatoms. The van der Waals surface area contributed by atoms with Gasteiger partial charge in [-0.3, -0.25) is 5.10 Å². The summed E-state index contributed by atoms with van der Waals surface area (Å²) in [7, 11) is 0. The Morgan fingerprint density at radius 2 is 1.90 bits per heavy atom. The highest BCUT2D eigenvalue weighted by Crippen LogP contribution is 2.35. The first kappa shape index (κ1) is 17.7. The van der Waals surface area contributed by atoms with Crippen LogP contribution in [0.2, 0.25) is 0 Å². The number of nitrogens with zero attached hydrogens (tertiary/aromatic N) is 4. The molecule has 0 saturated carbocycles. The first-order valence-electron chi connectivity index (χ1n) is 8.93. The van der Waals surface area contributed by atoms with E-state index in [9.17, 15) is 13.2 Å². The van der Waals surface area contributed by atoms with Crippen LogP contribution < -0.4 is 10.1 Å². The normalized spacial score (nSPS) is 14.9. The fourth-order valence-electron chi connectivity index (χ4n) is 3.44. The number of nitrogens with one attached hydrogen (secondary N) is 2. The van der Waals surface area contributed by atoms with Gasteiger partial charge in [0.15, 0.2) is 5.65 Å². The molecule has 1 aliphatic heterocycles. The molecule has 0 unspecified atom stereocenters. The lowest BCUT2D eigenvalue weighted by Crippen LogP contribution is -2.40. The highest BCUT2D eigenvalue weighted by molar-refractivity contribution is 5.95. The van der Waals surface area contributed by atoms with Gasteiger partial charge in [-0.2, -0.15) is 10.2 Å². The van der Waals surface area contributed by atoms with Gasteiger partial charge in [-0.15, -0.1) is 13.2 Å². The third kappa shape index (κ3) is 3.21. The summed E-state index contributed by atoms with van der Waals surface area (Å²) in [6, 6.07) is 7.50. The van der Waals surface area contributed by atoms with E-state index in [2.05, 4.69) is 25.2 Å². The first-order chi connectivity index (χ1) is 14.0. The van der Waals surface area contributed by atoms with Gasteiger partial charge >= 0.3 is 6.36 Å². The second-order valence-corrected chi connectivity index (χ2v) is 6.74. The fraction of sp³-hybridized carbons (Fsp3) is 0.211. The molecule has 1 aromatic carbocycles. The van der Waals surface area contributed by atoms with Crippen molar-refractivity contribution in [3.63, 3.8) is 0 Å². The number of aromatic amines is 1. The van der Waals surface area contributed by atoms with Crippen LogP contribution in [0.15, 0.2) is 48.9 Å². The van der Waals surface area contributed by atoms with Crippen molar-refractivity contribution in [2.45, 2.75) is 12.3 Å². The Morgan fingerprint density at radius 1 is 1.10 bits per heavy atom. The van der Waals surface area contributed by atoms with Gasteiger partial charge in [0.25, 0.3) is 0 Å². The molecule has 0 amide bonds. The molecule has 1 saturated heterocycles. The summed E-state index contributed by atoms with van der Waals surface area (Å²) < 4.78 is 42.9. The maximum Gasteiger partial charge on any atom is 0.573 e. The number of ether oxygens (including phenoxy) is 1. The monoisotopic (exact) mass is 400 g/mol. The van der Waals surface area contributed by atoms with Gasteiger partial charge in [-0.25, -0.2) is 9.67 Å². The van der Waals surface area contributed by atoms with Gasteiger partial charge in [0.05, 0.1) is 23.0 Å². The predicted octanol–water partition coefficient (Wildman–Crippen LogP) is 3.40. The van der Waals surface area contributed by atoms with Gasteiger partial charge in [-0.05, 0) is 35.9 Å². The van der Waals surface area contributed by atoms with Crippen molar-refractivity contribution in [1.29, 1.82) is 0 Å². The number of rotatable bonds is 4. The second kappa shape index (κ2) is 6.59. The Morgan fingerprint density at radius 3 is 2.52 bits per heavy atom. The van der Waals surface area contributed by atoms with E-state index in [-0.39, 0.29) is 11.7 Å². The molecule has 5 rings (SSSR count). The molecule has 7 nitrogen and oxygen atoms in total. The lowest BCUT2D eigenvalue weighted by atomic mass is 9.94. The van der Waals surface area contributed by atoms with Crippen LogP contribution in [-0.4, -0.2) is 44.4 Å². The van der Waals surface area contributed by atoms with Crippen LogP contribution >= 0.6 is 0 Å². The minimum atomic E-state index is -4.73. The molecular weight excluding hydrogens is 385 g/mol. The van der Waals surface area contributed by atoms with Gasteiger partial charge in [-0.1, -0.05) is 0 Å². The van der Waals surface area contributed by atoms with Crippen molar-refractivity contribution in [3.8, 4) is 22.6 Å². The molecule has 0 bridgehead atoms. The van der Waals surface area contributed by atoms with Gasteiger partial charge in [0, 0.05) is 37.0 Å². The second-order valence-electron chi connectivity index (χ2n) is 6.74. The van der Waals surface area contributed by atoms with E-state index in [0.29, 0.717) is 11.3 Å². The third-order valence-corrected chi connectivity index (χ3v) is 4.89. The maximum absolute atomic E-state index is 12.4. The number of benzene rings is 1. The summed E-state index contributed by atoms with van der Waals surface area (Å²) in [6.07, 6.45) is 0.495. The quantitative estimate of drug-likeness (QED) is 0.549. The number of halogens is 3. The molecule has 29 heavy (non-hydrogen) atoms. The molecule has 0 atom stereocenters. The Balaban J connectivity index is 1.64. The largest absolute Gasteiger partial charge is 0.573 e. The number of H-pyrrole nitrogens is 1. The summed E-state index contributed by atoms with van der Waals surface area (Å²) in [6.45, 7) is 1.62. The van der Waals surface area contributed by atoms with E-state index < -0.39 is 6.36 Å². The minimum Gasteiger partial charge on any atom is -0.406 e. The summed E-state index contributed by atoms with van der Waals surface area (Å²) in [5.41, 5.74) is 4.00. The van der Waals surface area contributed by atoms with E-state index >= 15 is 0 Å². The zero-order chi connectivity index (χ0) is 20.0. The molecule has 1 aliphatic rings. The molecule has 0 radical (unpaired) electrons. The molecule has 148 valence electrons. The number of fused-ring (bicyclic) bond motifs is 1. The SMILES string of the molecule is FC(F)(F)Oc1ccc(-n2nc(C3CNC3)c3c(-c4cn[nH]c4)ccnc32)cc1. The Labute approximate surface area is 162 Å². The summed E-state index contributed by atoms with van der Waals surface area (Å²) >= 11 is 0. The van der Waals surface area contributed by atoms with Gasteiger partial charge < -0.3 is 10.1 Å². The van der Waals surface area contributed by atoms with Gasteiger partial charge in [0.1, 0.15) is 5.75 Å². The zero-order valence-corrected chi connectivity index (χ0v) is 14.9. The first-order valence-corrected chi connectivity index (χ1v) is 8.93. The molecule has 0 aliphatic carbocycles. The molecule has 0 spiro atoms. The van der Waals surface area contributed by atoms with Crippen molar-refractivity contribution in [3.05, 3.63) is 54.6 Å². The standard InChI is InChI=1S/C19H15F3N6O/c20-19(21,22)29-14-3-1-13(2-4-14)28-18-16(17(27-28)12-7-23-8-12)15(5-6-24-18)11-9-25-26-10-11/h1-6,9-10,12,23H,7-8H2,(H,25,26). The molecule has 2 N–H and O–H groups in total. The highest BCUT2D eigenvalue weighted by Gasteiger charge is 2.31. The Kier molecular flexibility index (Phi) is 4.02. The smallest absolute Gasteiger partial charge is 0.406 e. The van der Waals surface area contributed by atoms with Crippen molar-refractivity contribution >= 4 is 11.0 Å². The molecule has 3 aromatic heterocycles. The van der Waals surface area contributed by atoms with Crippen LogP contribution in [0, 0.1) is 0 Å². The minimum absolute atomic E-state index is 0.237. The van der Waals surface area contributed by atoms with E-state index in [1.54, 1.807) is 23.3 Å². The average Bonchev–Trinajstić information content (AvgIpc) is 3.28. The number of hydrogen-bond acceptors (Lipinski definition) is 5. The van der Waals surface area contributed by atoms with Crippen molar-refractivity contribution in [1.82, 2.24) is 30.3 Å². The number of alkyl halides is 3. The van der Waals surface area contributed by atoms with Crippen molar-refractivity contribution in [2.75, 3.05) is 13.1 Å². The molecule has 4 heterocycles. The number of pyridine rings is 1. The molecular formula is C19H15F3N6O. The lowest BCUT2D eigenvalue weighted by molar-refractivity contribution is -0.274. The Bertz CT molecular complexity index is 1150. The molecule has 4 aromatic rings. The maximum atomic E-state index is 12.4. The van der Waals surface area contributed by atoms with E-state index in [0.717, 1.165) is 35.3 Å². The highest BCUT2D eigenvalue weighted by atomic mass is 19.4.